The number of alkyl halides is 1. The monoisotopic (exact) mass is 522 g/mol. The second-order valence-electron chi connectivity index (χ2n) is 10.1. The fourth-order valence-electron chi connectivity index (χ4n) is 5.69. The van der Waals surface area contributed by atoms with Gasteiger partial charge < -0.3 is 9.47 Å². The molecule has 37 heavy (non-hydrogen) atoms. The molecule has 0 spiro atoms. The predicted molar refractivity (Wildman–Crippen MR) is 148 cm³/mol. The second-order valence-corrected chi connectivity index (χ2v) is 10.3. The van der Waals surface area contributed by atoms with Crippen LogP contribution in [0.4, 0.5) is 5.82 Å². The van der Waals surface area contributed by atoms with Gasteiger partial charge in [-0.3, -0.25) is 14.5 Å². The molecule has 3 atom stereocenters. The lowest BCUT2D eigenvalue weighted by atomic mass is 9.97. The Hall–Kier alpha value is -3.04. The number of imidazole rings is 1. The molecule has 0 amide bonds. The first kappa shape index (κ1) is 25.6. The van der Waals surface area contributed by atoms with Crippen molar-refractivity contribution in [2.75, 3.05) is 18.0 Å². The number of nitrogens with zero attached hydrogens (tertiary/aromatic N) is 8. The van der Waals surface area contributed by atoms with Crippen LogP contribution in [0.2, 0.25) is 0 Å². The fourth-order valence-corrected chi connectivity index (χ4v) is 5.93. The van der Waals surface area contributed by atoms with Gasteiger partial charge in [-0.05, 0) is 44.4 Å². The normalized spacial score (nSPS) is 19.7. The topological polar surface area (TPSA) is 85.0 Å². The quantitative estimate of drug-likeness (QED) is 0.352. The molecule has 9 nitrogen and oxygen atoms in total. The largest absolute Gasteiger partial charge is 0.350 e. The van der Waals surface area contributed by atoms with Crippen LogP contribution >= 0.6 is 11.6 Å². The van der Waals surface area contributed by atoms with Gasteiger partial charge in [0.2, 0.25) is 0 Å². The Morgan fingerprint density at radius 2 is 1.78 bits per heavy atom. The molecule has 0 bridgehead atoms. The molecule has 1 aliphatic heterocycles. The highest BCUT2D eigenvalue weighted by atomic mass is 35.5. The molecule has 0 aliphatic carbocycles. The number of rotatable bonds is 6. The summed E-state index contributed by atoms with van der Waals surface area (Å²) in [5, 5.41) is 0. The summed E-state index contributed by atoms with van der Waals surface area (Å²) in [7, 11) is 3.64. The molecule has 0 radical (unpaired) electrons. The van der Waals surface area contributed by atoms with Crippen LogP contribution in [-0.4, -0.2) is 59.1 Å². The lowest BCUT2D eigenvalue weighted by Gasteiger charge is -2.49. The molecular weight excluding hydrogens is 488 g/mol. The third kappa shape index (κ3) is 4.38. The van der Waals surface area contributed by atoms with Crippen molar-refractivity contribution in [1.82, 2.24) is 34.0 Å². The summed E-state index contributed by atoms with van der Waals surface area (Å²) in [6.07, 6.45) is 3.71. The Morgan fingerprint density at radius 3 is 2.49 bits per heavy atom. The summed E-state index contributed by atoms with van der Waals surface area (Å²) in [6.45, 7) is 10.3. The van der Waals surface area contributed by atoms with Crippen molar-refractivity contribution in [2.45, 2.75) is 64.5 Å². The molecule has 10 heteroatoms. The van der Waals surface area contributed by atoms with E-state index in [1.165, 1.54) is 5.56 Å². The van der Waals surface area contributed by atoms with Crippen molar-refractivity contribution in [3.63, 3.8) is 0 Å². The first-order chi connectivity index (χ1) is 17.8. The van der Waals surface area contributed by atoms with Crippen molar-refractivity contribution in [3.05, 3.63) is 52.0 Å². The fraction of sp³-hybridized carbons (Fsp3) is 0.519. The van der Waals surface area contributed by atoms with Crippen LogP contribution in [0.25, 0.3) is 22.2 Å². The molecule has 1 fully saturated rings. The SMILES string of the molecule is CC[C@H]1CN(C(C)c2ccc3ncc(C)nc3c2)[C@H](CC)CN1c1nc(=O)n(C)c2c1nc(CCl)n2C. The average Bonchev–Trinajstić information content (AvgIpc) is 3.25. The number of piperazine rings is 1. The van der Waals surface area contributed by atoms with Gasteiger partial charge >= 0.3 is 5.69 Å². The summed E-state index contributed by atoms with van der Waals surface area (Å²) >= 11 is 6.17. The minimum absolute atomic E-state index is 0.192. The van der Waals surface area contributed by atoms with Gasteiger partial charge in [0.05, 0.1) is 22.6 Å². The zero-order chi connectivity index (χ0) is 26.4. The van der Waals surface area contributed by atoms with Crippen LogP contribution in [0.5, 0.6) is 0 Å². The van der Waals surface area contributed by atoms with Gasteiger partial charge in [0, 0.05) is 51.5 Å². The lowest BCUT2D eigenvalue weighted by Crippen LogP contribution is -2.59. The van der Waals surface area contributed by atoms with Gasteiger partial charge in [-0.15, -0.1) is 11.6 Å². The van der Waals surface area contributed by atoms with Crippen molar-refractivity contribution < 1.29 is 0 Å². The highest BCUT2D eigenvalue weighted by Crippen LogP contribution is 2.34. The maximum Gasteiger partial charge on any atom is 0.350 e. The minimum atomic E-state index is -0.280. The predicted octanol–water partition coefficient (Wildman–Crippen LogP) is 4.10. The zero-order valence-electron chi connectivity index (χ0n) is 22.4. The first-order valence-electron chi connectivity index (χ1n) is 13.0. The van der Waals surface area contributed by atoms with Crippen LogP contribution in [0.15, 0.2) is 29.2 Å². The smallest absolute Gasteiger partial charge is 0.349 e. The Balaban J connectivity index is 1.52. The number of aryl methyl sites for hydroxylation is 3. The summed E-state index contributed by atoms with van der Waals surface area (Å²) < 4.78 is 3.46. The molecule has 1 unspecified atom stereocenters. The van der Waals surface area contributed by atoms with E-state index in [4.69, 9.17) is 21.6 Å². The number of anilines is 1. The maximum atomic E-state index is 12.9. The van der Waals surface area contributed by atoms with Crippen LogP contribution in [-0.2, 0) is 20.0 Å². The Labute approximate surface area is 222 Å². The molecule has 1 aliphatic rings. The number of hydrogen-bond donors (Lipinski definition) is 0. The van der Waals surface area contributed by atoms with E-state index >= 15 is 0 Å². The molecule has 0 N–H and O–H groups in total. The van der Waals surface area contributed by atoms with Gasteiger partial charge in [0.25, 0.3) is 0 Å². The highest BCUT2D eigenvalue weighted by molar-refractivity contribution is 6.16. The van der Waals surface area contributed by atoms with Gasteiger partial charge in [-0.2, -0.15) is 4.98 Å². The molecule has 1 aromatic carbocycles. The number of hydrogen-bond acceptors (Lipinski definition) is 7. The van der Waals surface area contributed by atoms with Gasteiger partial charge in [-0.25, -0.2) is 14.8 Å². The van der Waals surface area contributed by atoms with Crippen LogP contribution < -0.4 is 10.6 Å². The van der Waals surface area contributed by atoms with Crippen molar-refractivity contribution in [1.29, 1.82) is 0 Å². The molecule has 0 saturated carbocycles. The number of halogens is 1. The van der Waals surface area contributed by atoms with Crippen molar-refractivity contribution >= 4 is 39.6 Å². The third-order valence-corrected chi connectivity index (χ3v) is 8.15. The third-order valence-electron chi connectivity index (χ3n) is 7.92. The van der Waals surface area contributed by atoms with E-state index in [0.29, 0.717) is 5.82 Å². The summed E-state index contributed by atoms with van der Waals surface area (Å²) in [5.74, 6) is 1.66. The Morgan fingerprint density at radius 1 is 1.03 bits per heavy atom. The molecule has 4 heterocycles. The molecule has 1 saturated heterocycles. The van der Waals surface area contributed by atoms with Crippen LogP contribution in [0.1, 0.15) is 56.7 Å². The van der Waals surface area contributed by atoms with Crippen LogP contribution in [0, 0.1) is 6.92 Å². The number of aromatic nitrogens is 6. The van der Waals surface area contributed by atoms with E-state index in [9.17, 15) is 4.79 Å². The summed E-state index contributed by atoms with van der Waals surface area (Å²) in [5.41, 5.74) is 5.20. The van der Waals surface area contributed by atoms with Crippen LogP contribution in [0.3, 0.4) is 0 Å². The van der Waals surface area contributed by atoms with Crippen molar-refractivity contribution in [3.8, 4) is 0 Å². The van der Waals surface area contributed by atoms with Crippen molar-refractivity contribution in [2.24, 2.45) is 14.1 Å². The van der Waals surface area contributed by atoms with E-state index < -0.39 is 0 Å². The minimum Gasteiger partial charge on any atom is -0.349 e. The van der Waals surface area contributed by atoms with E-state index in [1.54, 1.807) is 11.6 Å². The molecule has 196 valence electrons. The summed E-state index contributed by atoms with van der Waals surface area (Å²) in [4.78, 5) is 36.4. The highest BCUT2D eigenvalue weighted by Gasteiger charge is 2.37. The van der Waals surface area contributed by atoms with Gasteiger partial charge in [0.15, 0.2) is 5.82 Å². The van der Waals surface area contributed by atoms with E-state index in [1.807, 2.05) is 24.7 Å². The van der Waals surface area contributed by atoms with Gasteiger partial charge in [-0.1, -0.05) is 19.9 Å². The molecule has 3 aromatic heterocycles. The maximum absolute atomic E-state index is 12.9. The standard InChI is InChI=1S/C27H35ClN8O/c1-7-19-15-36(25-24-26(34(6)27(37)32-25)33(5)23(12-28)31-24)20(8-2)14-35(19)17(4)18-9-10-21-22(11-18)30-16(3)13-29-21/h9-11,13,17,19-20H,7-8,12,14-15H2,1-6H3/t17?,19-,20+/m1/s1. The van der Waals surface area contributed by atoms with E-state index in [0.717, 1.165) is 59.6 Å². The van der Waals surface area contributed by atoms with E-state index in [2.05, 4.69) is 58.7 Å². The number of benzene rings is 1. The molecule has 5 rings (SSSR count). The zero-order valence-corrected chi connectivity index (χ0v) is 23.2. The lowest BCUT2D eigenvalue weighted by molar-refractivity contribution is 0.101. The molecule has 4 aromatic rings. The summed E-state index contributed by atoms with van der Waals surface area (Å²) in [6, 6.07) is 7.10. The Kier molecular flexibility index (Phi) is 6.93. The average molecular weight is 523 g/mol. The van der Waals surface area contributed by atoms with E-state index in [-0.39, 0.29) is 29.7 Å². The first-order valence-corrected chi connectivity index (χ1v) is 13.5. The number of fused-ring (bicyclic) bond motifs is 2. The Bertz CT molecular complexity index is 1510. The molecular formula is C27H35ClN8O. The second kappa shape index (κ2) is 10.0. The van der Waals surface area contributed by atoms with Gasteiger partial charge in [0.1, 0.15) is 17.0 Å².